The molecule has 1 aliphatic rings. The van der Waals surface area contributed by atoms with Crippen LogP contribution in [0.1, 0.15) is 24.2 Å². The van der Waals surface area contributed by atoms with Gasteiger partial charge in [-0.2, -0.15) is 4.68 Å². The molecule has 1 atom stereocenters. The van der Waals surface area contributed by atoms with Gasteiger partial charge in [0.05, 0.1) is 18.0 Å². The number of carbonyl (C=O) groups excluding carboxylic acids is 2. The number of likely N-dealkylation sites (tertiary alicyclic amines) is 1. The quantitative estimate of drug-likeness (QED) is 0.682. The van der Waals surface area contributed by atoms with E-state index in [1.54, 1.807) is 34.7 Å². The Morgan fingerprint density at radius 3 is 2.74 bits per heavy atom. The highest BCUT2D eigenvalue weighted by Crippen LogP contribution is 2.21. The summed E-state index contributed by atoms with van der Waals surface area (Å²) in [4.78, 5) is 27.2. The van der Waals surface area contributed by atoms with Gasteiger partial charge < -0.3 is 10.2 Å². The van der Waals surface area contributed by atoms with E-state index < -0.39 is 0 Å². The molecule has 3 aromatic rings. The van der Waals surface area contributed by atoms with Crippen LogP contribution >= 0.6 is 0 Å². The van der Waals surface area contributed by atoms with E-state index in [2.05, 4.69) is 20.8 Å². The second-order valence-electron chi connectivity index (χ2n) is 7.66. The van der Waals surface area contributed by atoms with Crippen molar-refractivity contribution in [1.82, 2.24) is 25.1 Å². The molecule has 0 saturated carbocycles. The molecule has 0 spiro atoms. The van der Waals surface area contributed by atoms with Crippen molar-refractivity contribution >= 4 is 17.5 Å². The van der Waals surface area contributed by atoms with Crippen LogP contribution in [0.5, 0.6) is 0 Å². The smallest absolute Gasteiger partial charge is 0.229 e. The summed E-state index contributed by atoms with van der Waals surface area (Å²) in [5.41, 5.74) is 2.15. The summed E-state index contributed by atoms with van der Waals surface area (Å²) >= 11 is 0. The zero-order valence-electron chi connectivity index (χ0n) is 17.2. The molecule has 31 heavy (non-hydrogen) atoms. The van der Waals surface area contributed by atoms with Gasteiger partial charge >= 0.3 is 0 Å². The van der Waals surface area contributed by atoms with E-state index in [1.165, 1.54) is 12.1 Å². The number of tetrazole rings is 1. The van der Waals surface area contributed by atoms with Crippen LogP contribution in [0.4, 0.5) is 10.1 Å². The van der Waals surface area contributed by atoms with Crippen LogP contribution in [-0.4, -0.2) is 50.0 Å². The van der Waals surface area contributed by atoms with Gasteiger partial charge in [0.25, 0.3) is 0 Å². The highest BCUT2D eigenvalue weighted by Gasteiger charge is 2.28. The van der Waals surface area contributed by atoms with Crippen molar-refractivity contribution in [3.8, 4) is 5.69 Å². The molecule has 1 unspecified atom stereocenters. The number of hydrogen-bond donors (Lipinski definition) is 1. The molecule has 1 saturated heterocycles. The predicted octanol–water partition coefficient (Wildman–Crippen LogP) is 2.53. The first-order valence-corrected chi connectivity index (χ1v) is 10.2. The summed E-state index contributed by atoms with van der Waals surface area (Å²) < 4.78 is 14.7. The molecule has 1 N–H and O–H groups in total. The van der Waals surface area contributed by atoms with Crippen LogP contribution < -0.4 is 5.32 Å². The number of hydrogen-bond acceptors (Lipinski definition) is 5. The molecule has 1 aromatic heterocycles. The minimum Gasteiger partial charge on any atom is -0.342 e. The molecule has 160 valence electrons. The molecule has 1 aliphatic heterocycles. The molecule has 9 heteroatoms. The Labute approximate surface area is 179 Å². The van der Waals surface area contributed by atoms with Gasteiger partial charge in [-0.15, -0.1) is 5.10 Å². The Morgan fingerprint density at radius 2 is 2.00 bits per heavy atom. The number of amides is 2. The van der Waals surface area contributed by atoms with E-state index in [0.717, 1.165) is 24.1 Å². The first-order valence-electron chi connectivity index (χ1n) is 10.2. The number of aromatic nitrogens is 4. The third-order valence-electron chi connectivity index (χ3n) is 5.40. The lowest BCUT2D eigenvalue weighted by Gasteiger charge is -2.32. The monoisotopic (exact) mass is 422 g/mol. The summed E-state index contributed by atoms with van der Waals surface area (Å²) in [5.74, 6) is -0.147. The van der Waals surface area contributed by atoms with Crippen LogP contribution in [-0.2, 0) is 16.0 Å². The Morgan fingerprint density at radius 1 is 1.19 bits per heavy atom. The molecule has 0 radical (unpaired) electrons. The van der Waals surface area contributed by atoms with E-state index in [4.69, 9.17) is 0 Å². The molecular formula is C22H23FN6O2. The number of nitrogens with zero attached hydrogens (tertiary/aromatic N) is 5. The molecular weight excluding hydrogens is 399 g/mol. The van der Waals surface area contributed by atoms with Crippen molar-refractivity contribution < 1.29 is 14.0 Å². The number of halogens is 1. The molecule has 1 fully saturated rings. The summed E-state index contributed by atoms with van der Waals surface area (Å²) in [6.45, 7) is 2.79. The van der Waals surface area contributed by atoms with Crippen molar-refractivity contribution in [2.24, 2.45) is 5.92 Å². The topological polar surface area (TPSA) is 93.0 Å². The molecule has 4 rings (SSSR count). The molecule has 2 amide bonds. The maximum Gasteiger partial charge on any atom is 0.229 e. The highest BCUT2D eigenvalue weighted by molar-refractivity contribution is 5.93. The lowest BCUT2D eigenvalue weighted by atomic mass is 9.96. The van der Waals surface area contributed by atoms with Crippen LogP contribution in [0.2, 0.25) is 0 Å². The second-order valence-corrected chi connectivity index (χ2v) is 7.66. The van der Waals surface area contributed by atoms with Gasteiger partial charge in [-0.3, -0.25) is 9.59 Å². The zero-order valence-corrected chi connectivity index (χ0v) is 17.2. The van der Waals surface area contributed by atoms with Gasteiger partial charge in [-0.1, -0.05) is 18.2 Å². The molecule has 2 heterocycles. The lowest BCUT2D eigenvalue weighted by molar-refractivity contribution is -0.133. The van der Waals surface area contributed by atoms with Crippen LogP contribution in [0.15, 0.2) is 48.5 Å². The number of piperidine rings is 1. The summed E-state index contributed by atoms with van der Waals surface area (Å²) in [7, 11) is 0. The van der Waals surface area contributed by atoms with E-state index in [9.17, 15) is 14.0 Å². The van der Waals surface area contributed by atoms with Gasteiger partial charge in [0.1, 0.15) is 5.82 Å². The average Bonchev–Trinajstić information content (AvgIpc) is 3.21. The summed E-state index contributed by atoms with van der Waals surface area (Å²) in [5, 5.41) is 14.4. The van der Waals surface area contributed by atoms with Crippen molar-refractivity contribution in [3.05, 3.63) is 65.7 Å². The Kier molecular flexibility index (Phi) is 6.01. The third-order valence-corrected chi connectivity index (χ3v) is 5.40. The normalized spacial score (nSPS) is 16.2. The van der Waals surface area contributed by atoms with Crippen molar-refractivity contribution in [2.75, 3.05) is 18.4 Å². The lowest BCUT2D eigenvalue weighted by Crippen LogP contribution is -2.44. The van der Waals surface area contributed by atoms with E-state index in [-0.39, 0.29) is 30.0 Å². The largest absolute Gasteiger partial charge is 0.342 e. The maximum absolute atomic E-state index is 13.1. The fraction of sp³-hybridized carbons (Fsp3) is 0.318. The molecule has 0 aliphatic carbocycles. The van der Waals surface area contributed by atoms with Gasteiger partial charge in [-0.25, -0.2) is 4.39 Å². The average molecular weight is 422 g/mol. The Bertz CT molecular complexity index is 1080. The predicted molar refractivity (Wildman–Crippen MR) is 112 cm³/mol. The number of rotatable bonds is 5. The number of anilines is 1. The Balaban J connectivity index is 1.38. The molecule has 2 aromatic carbocycles. The van der Waals surface area contributed by atoms with Gasteiger partial charge in [-0.05, 0) is 66.1 Å². The number of aryl methyl sites for hydroxylation is 1. The zero-order chi connectivity index (χ0) is 21.8. The summed E-state index contributed by atoms with van der Waals surface area (Å²) in [6, 6.07) is 13.2. The first kappa shape index (κ1) is 20.6. The van der Waals surface area contributed by atoms with E-state index >= 15 is 0 Å². The van der Waals surface area contributed by atoms with E-state index in [0.29, 0.717) is 24.6 Å². The van der Waals surface area contributed by atoms with Crippen molar-refractivity contribution in [3.63, 3.8) is 0 Å². The summed E-state index contributed by atoms with van der Waals surface area (Å²) in [6.07, 6.45) is 1.68. The second kappa shape index (κ2) is 9.03. The number of nitrogens with one attached hydrogen (secondary N) is 1. The van der Waals surface area contributed by atoms with Crippen LogP contribution in [0.3, 0.4) is 0 Å². The standard InChI is InChI=1S/C22H23FN6O2/c1-15-25-26-27-29(15)20-6-2-5-19(13-20)24-22(31)17-4-3-11-28(14-17)21(30)12-16-7-9-18(23)10-8-16/h2,5-10,13,17H,3-4,11-12,14H2,1H3,(H,24,31). The molecule has 0 bridgehead atoms. The van der Waals surface area contributed by atoms with Crippen molar-refractivity contribution in [1.29, 1.82) is 0 Å². The van der Waals surface area contributed by atoms with Gasteiger partial charge in [0, 0.05) is 18.8 Å². The maximum atomic E-state index is 13.1. The number of carbonyl (C=O) groups is 2. The fourth-order valence-electron chi connectivity index (χ4n) is 3.74. The van der Waals surface area contributed by atoms with Gasteiger partial charge in [0.2, 0.25) is 11.8 Å². The Hall–Kier alpha value is -3.62. The highest BCUT2D eigenvalue weighted by atomic mass is 19.1. The first-order chi connectivity index (χ1) is 15.0. The third kappa shape index (κ3) is 4.93. The number of benzene rings is 2. The van der Waals surface area contributed by atoms with Crippen LogP contribution in [0.25, 0.3) is 5.69 Å². The van der Waals surface area contributed by atoms with E-state index in [1.807, 2.05) is 18.2 Å². The fourth-order valence-corrected chi connectivity index (χ4v) is 3.74. The van der Waals surface area contributed by atoms with Crippen LogP contribution in [0, 0.1) is 18.7 Å². The van der Waals surface area contributed by atoms with Gasteiger partial charge in [0.15, 0.2) is 5.82 Å². The SMILES string of the molecule is Cc1nnnn1-c1cccc(NC(=O)C2CCCN(C(=O)Cc3ccc(F)cc3)C2)c1. The minimum atomic E-state index is -0.329. The minimum absolute atomic E-state index is 0.0553. The molecule has 8 nitrogen and oxygen atoms in total. The van der Waals surface area contributed by atoms with Crippen molar-refractivity contribution in [2.45, 2.75) is 26.2 Å².